The highest BCUT2D eigenvalue weighted by Crippen LogP contribution is 2.19. The number of rotatable bonds is 4. The molecule has 0 aliphatic carbocycles. The van der Waals surface area contributed by atoms with Gasteiger partial charge in [-0.05, 0) is 24.1 Å². The number of benzene rings is 1. The summed E-state index contributed by atoms with van der Waals surface area (Å²) >= 11 is 1.96. The Hall–Kier alpha value is -0.940. The summed E-state index contributed by atoms with van der Waals surface area (Å²) in [6, 6.07) is 9.96. The van der Waals surface area contributed by atoms with Gasteiger partial charge in [-0.25, -0.2) is 0 Å². The SMILES string of the molecule is CCC(C)SCc1ccc(C#N)cc1. The maximum absolute atomic E-state index is 8.63. The van der Waals surface area contributed by atoms with Crippen LogP contribution in [0, 0.1) is 11.3 Å². The van der Waals surface area contributed by atoms with E-state index in [2.05, 4.69) is 19.9 Å². The fourth-order valence-electron chi connectivity index (χ4n) is 1.03. The Labute approximate surface area is 90.1 Å². The van der Waals surface area contributed by atoms with E-state index in [4.69, 9.17) is 5.26 Å². The zero-order chi connectivity index (χ0) is 10.4. The van der Waals surface area contributed by atoms with Crippen molar-refractivity contribution < 1.29 is 0 Å². The van der Waals surface area contributed by atoms with Gasteiger partial charge in [-0.1, -0.05) is 26.0 Å². The first-order chi connectivity index (χ1) is 6.76. The second kappa shape index (κ2) is 5.72. The van der Waals surface area contributed by atoms with Gasteiger partial charge in [0.2, 0.25) is 0 Å². The van der Waals surface area contributed by atoms with Crippen LogP contribution < -0.4 is 0 Å². The molecule has 0 bridgehead atoms. The molecule has 0 heterocycles. The van der Waals surface area contributed by atoms with Crippen LogP contribution in [0.15, 0.2) is 24.3 Å². The van der Waals surface area contributed by atoms with Crippen molar-refractivity contribution in [1.82, 2.24) is 0 Å². The molecule has 0 N–H and O–H groups in total. The lowest BCUT2D eigenvalue weighted by Gasteiger charge is -2.07. The summed E-state index contributed by atoms with van der Waals surface area (Å²) in [5, 5.41) is 9.34. The van der Waals surface area contributed by atoms with E-state index in [1.165, 1.54) is 12.0 Å². The quantitative estimate of drug-likeness (QED) is 0.750. The Kier molecular flexibility index (Phi) is 4.55. The maximum Gasteiger partial charge on any atom is 0.0991 e. The topological polar surface area (TPSA) is 23.8 Å². The van der Waals surface area contributed by atoms with Crippen LogP contribution in [0.3, 0.4) is 0 Å². The summed E-state index contributed by atoms with van der Waals surface area (Å²) in [5.74, 6) is 1.04. The van der Waals surface area contributed by atoms with Gasteiger partial charge < -0.3 is 0 Å². The zero-order valence-corrected chi connectivity index (χ0v) is 9.47. The van der Waals surface area contributed by atoms with E-state index in [-0.39, 0.29) is 0 Å². The molecule has 1 rings (SSSR count). The predicted octanol–water partition coefficient (Wildman–Crippen LogP) is 3.59. The van der Waals surface area contributed by atoms with Crippen molar-refractivity contribution >= 4 is 11.8 Å². The predicted molar refractivity (Wildman–Crippen MR) is 62.2 cm³/mol. The van der Waals surface area contributed by atoms with Gasteiger partial charge in [0.15, 0.2) is 0 Å². The van der Waals surface area contributed by atoms with Crippen molar-refractivity contribution in [1.29, 1.82) is 5.26 Å². The Morgan fingerprint density at radius 2 is 2.00 bits per heavy atom. The minimum absolute atomic E-state index is 0.714. The molecular weight excluding hydrogens is 190 g/mol. The van der Waals surface area contributed by atoms with Crippen molar-refractivity contribution in [3.8, 4) is 6.07 Å². The van der Waals surface area contributed by atoms with Gasteiger partial charge in [-0.15, -0.1) is 0 Å². The van der Waals surface area contributed by atoms with Crippen LogP contribution in [0.1, 0.15) is 31.4 Å². The van der Waals surface area contributed by atoms with Crippen LogP contribution in [0.2, 0.25) is 0 Å². The fraction of sp³-hybridized carbons (Fsp3) is 0.417. The van der Waals surface area contributed by atoms with Gasteiger partial charge >= 0.3 is 0 Å². The van der Waals surface area contributed by atoms with E-state index >= 15 is 0 Å². The molecule has 1 aromatic carbocycles. The van der Waals surface area contributed by atoms with Gasteiger partial charge in [-0.2, -0.15) is 17.0 Å². The molecule has 1 nitrogen and oxygen atoms in total. The first kappa shape index (κ1) is 11.1. The molecule has 1 aromatic rings. The Balaban J connectivity index is 2.49. The van der Waals surface area contributed by atoms with Gasteiger partial charge in [0, 0.05) is 11.0 Å². The Morgan fingerprint density at radius 1 is 1.36 bits per heavy atom. The smallest absolute Gasteiger partial charge is 0.0991 e. The lowest BCUT2D eigenvalue weighted by molar-refractivity contribution is 0.905. The summed E-state index contributed by atoms with van der Waals surface area (Å²) < 4.78 is 0. The lowest BCUT2D eigenvalue weighted by Crippen LogP contribution is -1.93. The van der Waals surface area contributed by atoms with Crippen LogP contribution in [-0.4, -0.2) is 5.25 Å². The van der Waals surface area contributed by atoms with E-state index in [1.807, 2.05) is 36.0 Å². The molecule has 14 heavy (non-hydrogen) atoms. The minimum atomic E-state index is 0.714. The third kappa shape index (κ3) is 3.43. The monoisotopic (exact) mass is 205 g/mol. The van der Waals surface area contributed by atoms with Gasteiger partial charge in [-0.3, -0.25) is 0 Å². The summed E-state index contributed by atoms with van der Waals surface area (Å²) in [6.07, 6.45) is 1.21. The van der Waals surface area contributed by atoms with Gasteiger partial charge in [0.1, 0.15) is 0 Å². The molecule has 0 aliphatic rings. The average molecular weight is 205 g/mol. The third-order valence-corrected chi connectivity index (χ3v) is 3.59. The molecule has 0 spiro atoms. The molecule has 0 aromatic heterocycles. The second-order valence-electron chi connectivity index (χ2n) is 3.34. The molecule has 74 valence electrons. The maximum atomic E-state index is 8.63. The summed E-state index contributed by atoms with van der Waals surface area (Å²) in [5.41, 5.74) is 2.04. The zero-order valence-electron chi connectivity index (χ0n) is 8.66. The second-order valence-corrected chi connectivity index (χ2v) is 4.77. The Bertz CT molecular complexity index is 310. The summed E-state index contributed by atoms with van der Waals surface area (Å²) in [4.78, 5) is 0. The average Bonchev–Trinajstić information content (AvgIpc) is 2.26. The van der Waals surface area contributed by atoms with E-state index < -0.39 is 0 Å². The molecule has 0 saturated heterocycles. The largest absolute Gasteiger partial charge is 0.192 e. The van der Waals surface area contributed by atoms with Crippen molar-refractivity contribution in [3.63, 3.8) is 0 Å². The van der Waals surface area contributed by atoms with Crippen LogP contribution in [0.4, 0.5) is 0 Å². The highest BCUT2D eigenvalue weighted by Gasteiger charge is 2.00. The number of hydrogen-bond acceptors (Lipinski definition) is 2. The molecule has 0 aliphatic heterocycles. The van der Waals surface area contributed by atoms with E-state index in [1.54, 1.807) is 0 Å². The van der Waals surface area contributed by atoms with Crippen molar-refractivity contribution in [3.05, 3.63) is 35.4 Å². The highest BCUT2D eigenvalue weighted by molar-refractivity contribution is 7.99. The first-order valence-electron chi connectivity index (χ1n) is 4.87. The van der Waals surface area contributed by atoms with E-state index in [0.29, 0.717) is 5.25 Å². The van der Waals surface area contributed by atoms with Crippen molar-refractivity contribution in [2.75, 3.05) is 0 Å². The standard InChI is InChI=1S/C12H15NS/c1-3-10(2)14-9-12-6-4-11(8-13)5-7-12/h4-7,10H,3,9H2,1-2H3. The number of nitriles is 1. The van der Waals surface area contributed by atoms with E-state index in [0.717, 1.165) is 11.3 Å². The molecule has 1 unspecified atom stereocenters. The van der Waals surface area contributed by atoms with Crippen LogP contribution in [0.25, 0.3) is 0 Å². The molecule has 2 heteroatoms. The normalized spacial score (nSPS) is 12.1. The van der Waals surface area contributed by atoms with Crippen molar-refractivity contribution in [2.45, 2.75) is 31.3 Å². The van der Waals surface area contributed by atoms with E-state index in [9.17, 15) is 0 Å². The number of nitrogens with zero attached hydrogens (tertiary/aromatic N) is 1. The minimum Gasteiger partial charge on any atom is -0.192 e. The van der Waals surface area contributed by atoms with Gasteiger partial charge in [0.05, 0.1) is 11.6 Å². The van der Waals surface area contributed by atoms with Crippen LogP contribution >= 0.6 is 11.8 Å². The van der Waals surface area contributed by atoms with Crippen LogP contribution in [0.5, 0.6) is 0 Å². The highest BCUT2D eigenvalue weighted by atomic mass is 32.2. The first-order valence-corrected chi connectivity index (χ1v) is 5.91. The molecule has 0 saturated carbocycles. The molecule has 0 amide bonds. The molecule has 0 radical (unpaired) electrons. The Morgan fingerprint density at radius 3 is 2.50 bits per heavy atom. The fourth-order valence-corrected chi connectivity index (χ4v) is 1.94. The van der Waals surface area contributed by atoms with Crippen LogP contribution in [-0.2, 0) is 5.75 Å². The molecular formula is C12H15NS. The van der Waals surface area contributed by atoms with Gasteiger partial charge in [0.25, 0.3) is 0 Å². The van der Waals surface area contributed by atoms with Crippen molar-refractivity contribution in [2.24, 2.45) is 0 Å². The third-order valence-electron chi connectivity index (χ3n) is 2.19. The molecule has 0 fully saturated rings. The summed E-state index contributed by atoms with van der Waals surface area (Å²) in [6.45, 7) is 4.45. The molecule has 1 atom stereocenters. The number of thioether (sulfide) groups is 1. The number of hydrogen-bond donors (Lipinski definition) is 0. The lowest BCUT2D eigenvalue weighted by atomic mass is 10.2. The summed E-state index contributed by atoms with van der Waals surface area (Å²) in [7, 11) is 0.